The second kappa shape index (κ2) is 24.0. The van der Waals surface area contributed by atoms with E-state index in [4.69, 9.17) is 0 Å². The van der Waals surface area contributed by atoms with Gasteiger partial charge >= 0.3 is 59.1 Å². The predicted molar refractivity (Wildman–Crippen MR) is 243 cm³/mol. The van der Waals surface area contributed by atoms with Gasteiger partial charge in [0.1, 0.15) is 10.1 Å². The molecule has 6 N–H and O–H groups in total. The van der Waals surface area contributed by atoms with Gasteiger partial charge in [0.05, 0.1) is 16.9 Å². The van der Waals surface area contributed by atoms with E-state index in [1.165, 1.54) is 18.2 Å². The summed E-state index contributed by atoms with van der Waals surface area (Å²) in [6.45, 7) is 0. The van der Waals surface area contributed by atoms with Crippen molar-refractivity contribution < 1.29 is 86.7 Å². The Morgan fingerprint density at radius 3 is 1.11 bits per heavy atom. The van der Waals surface area contributed by atoms with Crippen molar-refractivity contribution in [1.82, 2.24) is 29.9 Å². The zero-order chi connectivity index (χ0) is 44.1. The summed E-state index contributed by atoms with van der Waals surface area (Å²) in [5.74, 6) is 1.14. The second-order valence-electron chi connectivity index (χ2n) is 13.3. The number of hydrogen-bond acceptors (Lipinski definition) is 19. The molecule has 0 bridgehead atoms. The average molecular weight is 937 g/mol. The minimum Gasteiger partial charge on any atom is -0.744 e. The van der Waals surface area contributed by atoms with Gasteiger partial charge in [-0.05, 0) is 83.9 Å². The van der Waals surface area contributed by atoms with Gasteiger partial charge in [0.2, 0.25) is 35.7 Å². The minimum absolute atomic E-state index is 0. The summed E-state index contributed by atoms with van der Waals surface area (Å²) in [7, 11) is -5.01. The van der Waals surface area contributed by atoms with Crippen LogP contribution in [0, 0.1) is 0 Å². The fourth-order valence-corrected chi connectivity index (χ4v) is 7.17. The van der Waals surface area contributed by atoms with Crippen LogP contribution in [0.5, 0.6) is 0 Å². The summed E-state index contributed by atoms with van der Waals surface area (Å²) in [6, 6.07) is 46.5. The Labute approximate surface area is 427 Å². The number of nitrogens with one attached hydrogen (secondary N) is 6. The summed E-state index contributed by atoms with van der Waals surface area (Å²) in [5.41, 5.74) is 4.21. The van der Waals surface area contributed by atoms with Crippen molar-refractivity contribution in [2.24, 2.45) is 0 Å². The van der Waals surface area contributed by atoms with Gasteiger partial charge in [-0.25, -0.2) is 8.42 Å². The van der Waals surface area contributed by atoms with Crippen molar-refractivity contribution in [3.63, 3.8) is 0 Å². The Morgan fingerprint density at radius 1 is 0.439 bits per heavy atom. The van der Waals surface area contributed by atoms with Gasteiger partial charge in [-0.3, -0.25) is 5.04 Å². The molecular weight excluding hydrogens is 903 g/mol. The van der Waals surface area contributed by atoms with Crippen LogP contribution in [-0.4, -0.2) is 42.9 Å². The SMILES string of the molecule is O=S(=O)([O-])c1cc(Nc2nc(Nc3ccccc3)nc(Nc3ccccc3)n2)ccc1/C=C/c1ccc(Nc2nc(Nc3ccccc3)nc(Nc3ccccc3)n2)cc1SOO[O-].[Na+].[Na+]. The molecule has 0 radical (unpaired) electrons. The molecule has 2 aromatic heterocycles. The summed E-state index contributed by atoms with van der Waals surface area (Å²) in [4.78, 5) is 26.9. The smallest absolute Gasteiger partial charge is 0.744 e. The van der Waals surface area contributed by atoms with Gasteiger partial charge < -0.3 is 41.7 Å². The van der Waals surface area contributed by atoms with Gasteiger partial charge in [0.25, 0.3) is 0 Å². The molecule has 18 nitrogen and oxygen atoms in total. The maximum absolute atomic E-state index is 12.7. The Morgan fingerprint density at radius 2 is 0.758 bits per heavy atom. The molecule has 0 aliphatic heterocycles. The first kappa shape index (κ1) is 49.5. The molecule has 0 amide bonds. The van der Waals surface area contributed by atoms with Crippen molar-refractivity contribution in [2.45, 2.75) is 9.79 Å². The van der Waals surface area contributed by atoms with Crippen molar-refractivity contribution in [3.8, 4) is 0 Å². The Hall–Kier alpha value is -5.98. The van der Waals surface area contributed by atoms with E-state index in [1.54, 1.807) is 30.3 Å². The summed E-state index contributed by atoms with van der Waals surface area (Å²) in [5, 5.41) is 33.3. The molecule has 2 heterocycles. The molecule has 8 aromatic rings. The molecule has 0 fully saturated rings. The summed E-state index contributed by atoms with van der Waals surface area (Å²) >= 11 is 0.610. The molecule has 0 unspecified atom stereocenters. The van der Waals surface area contributed by atoms with E-state index in [0.717, 1.165) is 22.7 Å². The molecule has 6 aromatic carbocycles. The minimum atomic E-state index is -5.01. The molecule has 0 aliphatic carbocycles. The third-order valence-electron chi connectivity index (χ3n) is 8.79. The normalized spacial score (nSPS) is 10.9. The third kappa shape index (κ3) is 14.3. The molecule has 320 valence electrons. The van der Waals surface area contributed by atoms with E-state index in [9.17, 15) is 18.2 Å². The Bertz CT molecular complexity index is 2870. The van der Waals surface area contributed by atoms with Crippen LogP contribution in [0.15, 0.2) is 168 Å². The van der Waals surface area contributed by atoms with E-state index in [-0.39, 0.29) is 106 Å². The van der Waals surface area contributed by atoms with Gasteiger partial charge in [0.15, 0.2) is 0 Å². The molecule has 66 heavy (non-hydrogen) atoms. The number of benzene rings is 6. The standard InChI is InChI=1S/C44H36N12O6S2.2Na/c57-61-62-63-37-27-35(49-43-53-39(45-31-13-5-1-6-14-31)51-40(54-43)46-32-15-7-2-8-16-32)25-23-29(37)21-22-30-24-26-36(28-38(30)64(58,59)60)50-44-55-41(47-33-17-9-3-10-18-33)52-42(56-44)48-34-19-11-4-12-20-34;;/h1-28,57H,(H,58,59,60)(H3,45,46,49,51,53,54)(H3,47,48,50,52,55,56);;/q;2*+1/p-2/b22-21+;;. The van der Waals surface area contributed by atoms with Crippen LogP contribution < -0.4 is 96.3 Å². The first-order valence-electron chi connectivity index (χ1n) is 19.1. The van der Waals surface area contributed by atoms with Crippen molar-refractivity contribution in [3.05, 3.63) is 169 Å². The summed E-state index contributed by atoms with van der Waals surface area (Å²) in [6.07, 6.45) is 3.00. The topological polar surface area (TPSA) is 248 Å². The first-order valence-corrected chi connectivity index (χ1v) is 21.3. The van der Waals surface area contributed by atoms with E-state index in [2.05, 4.69) is 71.2 Å². The first-order chi connectivity index (χ1) is 31.2. The van der Waals surface area contributed by atoms with Crippen LogP contribution in [0.25, 0.3) is 12.2 Å². The summed E-state index contributed by atoms with van der Waals surface area (Å²) < 4.78 is 42.7. The van der Waals surface area contributed by atoms with Gasteiger partial charge in [0, 0.05) is 39.0 Å². The van der Waals surface area contributed by atoms with E-state index >= 15 is 0 Å². The number of para-hydroxylation sites is 4. The van der Waals surface area contributed by atoms with Crippen LogP contribution in [0.4, 0.5) is 69.8 Å². The zero-order valence-electron chi connectivity index (χ0n) is 35.1. The van der Waals surface area contributed by atoms with Crippen molar-refractivity contribution in [1.29, 1.82) is 0 Å². The Kier molecular flexibility index (Phi) is 18.0. The predicted octanol–water partition coefficient (Wildman–Crippen LogP) is 2.83. The number of anilines is 12. The molecule has 22 heteroatoms. The molecule has 0 saturated heterocycles. The van der Waals surface area contributed by atoms with Crippen LogP contribution in [0.1, 0.15) is 11.1 Å². The average Bonchev–Trinajstić information content (AvgIpc) is 3.29. The quantitative estimate of drug-likeness (QED) is 0.0181. The van der Waals surface area contributed by atoms with E-state index in [1.807, 2.05) is 121 Å². The molecule has 0 aliphatic rings. The molecular formula is C44H34N12Na2O6S2. The van der Waals surface area contributed by atoms with Gasteiger partial charge in [-0.2, -0.15) is 34.2 Å². The zero-order valence-corrected chi connectivity index (χ0v) is 40.7. The fourth-order valence-electron chi connectivity index (χ4n) is 5.97. The largest absolute Gasteiger partial charge is 1.00 e. The third-order valence-corrected chi connectivity index (χ3v) is 10.3. The number of aromatic nitrogens is 6. The fraction of sp³-hybridized carbons (Fsp3) is 0. The van der Waals surface area contributed by atoms with Crippen molar-refractivity contribution in [2.75, 3.05) is 31.9 Å². The van der Waals surface area contributed by atoms with E-state index < -0.39 is 15.0 Å². The van der Waals surface area contributed by atoms with Gasteiger partial charge in [-0.15, -0.1) is 0 Å². The van der Waals surface area contributed by atoms with Crippen LogP contribution in [-0.2, 0) is 19.5 Å². The van der Waals surface area contributed by atoms with Gasteiger partial charge in [-0.1, -0.05) is 97.1 Å². The van der Waals surface area contributed by atoms with Crippen LogP contribution >= 0.6 is 12.0 Å². The number of rotatable bonds is 18. The van der Waals surface area contributed by atoms with Crippen LogP contribution in [0.3, 0.4) is 0 Å². The maximum atomic E-state index is 12.7. The molecule has 0 saturated carbocycles. The maximum Gasteiger partial charge on any atom is 1.00 e. The number of hydrogen-bond donors (Lipinski definition) is 6. The Balaban J connectivity index is 0.00000360. The van der Waals surface area contributed by atoms with Crippen molar-refractivity contribution >= 4 is 104 Å². The molecule has 8 rings (SSSR count). The molecule has 0 atom stereocenters. The second-order valence-corrected chi connectivity index (χ2v) is 15.4. The number of nitrogens with zero attached hydrogens (tertiary/aromatic N) is 6. The van der Waals surface area contributed by atoms with Crippen LogP contribution in [0.2, 0.25) is 0 Å². The monoisotopic (exact) mass is 936 g/mol. The van der Waals surface area contributed by atoms with E-state index in [0.29, 0.717) is 28.2 Å². The molecule has 0 spiro atoms.